The normalized spacial score (nSPS) is 12.9. The van der Waals surface area contributed by atoms with Crippen LogP contribution in [0, 0.1) is 6.92 Å². The van der Waals surface area contributed by atoms with Gasteiger partial charge in [0.2, 0.25) is 5.91 Å². The molecule has 4 rings (SSSR count). The van der Waals surface area contributed by atoms with E-state index in [4.69, 9.17) is 4.74 Å². The van der Waals surface area contributed by atoms with Crippen molar-refractivity contribution in [1.82, 2.24) is 5.32 Å². The maximum absolute atomic E-state index is 12.4. The fourth-order valence-electron chi connectivity index (χ4n) is 4.32. The van der Waals surface area contributed by atoms with Gasteiger partial charge >= 0.3 is 12.1 Å². The van der Waals surface area contributed by atoms with Crippen LogP contribution in [0.3, 0.4) is 0 Å². The molecule has 2 amide bonds. The summed E-state index contributed by atoms with van der Waals surface area (Å²) in [5, 5.41) is 14.6. The molecule has 0 aromatic heterocycles. The van der Waals surface area contributed by atoms with Crippen molar-refractivity contribution in [2.75, 3.05) is 11.9 Å². The fourth-order valence-corrected chi connectivity index (χ4v) is 4.32. The number of rotatable bonds is 7. The maximum Gasteiger partial charge on any atom is 0.407 e. The van der Waals surface area contributed by atoms with Crippen LogP contribution in [-0.4, -0.2) is 35.7 Å². The van der Waals surface area contributed by atoms with Crippen LogP contribution < -0.4 is 10.6 Å². The average molecular weight is 459 g/mol. The van der Waals surface area contributed by atoms with Crippen LogP contribution in [0.2, 0.25) is 0 Å². The van der Waals surface area contributed by atoms with Crippen molar-refractivity contribution >= 4 is 23.7 Å². The third-order valence-corrected chi connectivity index (χ3v) is 5.88. The highest BCUT2D eigenvalue weighted by molar-refractivity contribution is 6.00. The molecule has 0 heterocycles. The van der Waals surface area contributed by atoms with Gasteiger partial charge in [0.25, 0.3) is 0 Å². The molecule has 0 saturated heterocycles. The van der Waals surface area contributed by atoms with E-state index in [1.807, 2.05) is 36.4 Å². The Bertz CT molecular complexity index is 1210. The van der Waals surface area contributed by atoms with Crippen LogP contribution in [0.4, 0.5) is 10.5 Å². The van der Waals surface area contributed by atoms with Gasteiger partial charge in [0.05, 0.1) is 11.3 Å². The number of carbonyl (C=O) groups is 3. The standard InChI is InChI=1S/C27H26N2O5/c1-16-11-12-24(22(13-16)26(31)32)29-25(30)14-17(2)28-27(33)34-15-23-20-9-5-3-7-18(20)19-8-4-6-10-21(19)23/h3-13,17,23H,14-15H2,1-2H3,(H,28,33)(H,29,30)(H,31,32). The van der Waals surface area contributed by atoms with Crippen molar-refractivity contribution in [1.29, 1.82) is 0 Å². The van der Waals surface area contributed by atoms with E-state index in [0.717, 1.165) is 27.8 Å². The van der Waals surface area contributed by atoms with Crippen molar-refractivity contribution in [3.8, 4) is 11.1 Å². The van der Waals surface area contributed by atoms with Crippen LogP contribution in [0.5, 0.6) is 0 Å². The molecule has 3 N–H and O–H groups in total. The number of alkyl carbamates (subject to hydrolysis) is 1. The predicted molar refractivity (Wildman–Crippen MR) is 129 cm³/mol. The number of fused-ring (bicyclic) bond motifs is 3. The van der Waals surface area contributed by atoms with E-state index in [1.54, 1.807) is 26.0 Å². The molecule has 174 valence electrons. The summed E-state index contributed by atoms with van der Waals surface area (Å²) in [5.41, 5.74) is 5.55. The number of aryl methyl sites for hydroxylation is 1. The first-order chi connectivity index (χ1) is 16.3. The summed E-state index contributed by atoms with van der Waals surface area (Å²) < 4.78 is 5.51. The van der Waals surface area contributed by atoms with Crippen LogP contribution in [-0.2, 0) is 9.53 Å². The Morgan fingerprint density at radius 2 is 1.59 bits per heavy atom. The fraction of sp³-hybridized carbons (Fsp3) is 0.222. The number of nitrogens with one attached hydrogen (secondary N) is 2. The second-order valence-electron chi connectivity index (χ2n) is 8.48. The molecule has 0 fully saturated rings. The van der Waals surface area contributed by atoms with Crippen molar-refractivity contribution in [3.63, 3.8) is 0 Å². The Hall–Kier alpha value is -4.13. The van der Waals surface area contributed by atoms with Gasteiger partial charge in [0, 0.05) is 18.4 Å². The predicted octanol–water partition coefficient (Wildman–Crippen LogP) is 4.95. The first-order valence-electron chi connectivity index (χ1n) is 11.1. The third kappa shape index (κ3) is 4.93. The topological polar surface area (TPSA) is 105 Å². The first kappa shape index (κ1) is 23.0. The minimum absolute atomic E-state index is 0.0190. The molecule has 0 saturated carbocycles. The molecule has 0 bridgehead atoms. The molecule has 0 radical (unpaired) electrons. The highest BCUT2D eigenvalue weighted by atomic mass is 16.5. The summed E-state index contributed by atoms with van der Waals surface area (Å²) in [4.78, 5) is 36.3. The Labute approximate surface area is 197 Å². The SMILES string of the molecule is Cc1ccc(NC(=O)CC(C)NC(=O)OCC2c3ccccc3-c3ccccc32)c(C(=O)O)c1. The molecule has 1 aliphatic carbocycles. The number of carboxylic acids is 1. The number of ether oxygens (including phenoxy) is 1. The van der Waals surface area contributed by atoms with Gasteiger partial charge in [-0.15, -0.1) is 0 Å². The molecule has 1 atom stereocenters. The van der Waals surface area contributed by atoms with E-state index >= 15 is 0 Å². The highest BCUT2D eigenvalue weighted by Gasteiger charge is 2.29. The lowest BCUT2D eigenvalue weighted by molar-refractivity contribution is -0.116. The smallest absolute Gasteiger partial charge is 0.407 e. The van der Waals surface area contributed by atoms with Gasteiger partial charge in [-0.2, -0.15) is 0 Å². The second kappa shape index (κ2) is 9.79. The van der Waals surface area contributed by atoms with Crippen LogP contribution >= 0.6 is 0 Å². The Kier molecular flexibility index (Phi) is 6.63. The number of carboxylic acid groups (broad SMARTS) is 1. The van der Waals surface area contributed by atoms with Crippen molar-refractivity contribution in [3.05, 3.63) is 89.0 Å². The molecule has 3 aromatic carbocycles. The van der Waals surface area contributed by atoms with E-state index < -0.39 is 24.0 Å². The van der Waals surface area contributed by atoms with E-state index in [2.05, 4.69) is 22.8 Å². The molecular formula is C27H26N2O5. The number of amides is 2. The summed E-state index contributed by atoms with van der Waals surface area (Å²) in [7, 11) is 0. The van der Waals surface area contributed by atoms with Crippen LogP contribution in [0.15, 0.2) is 66.7 Å². The van der Waals surface area contributed by atoms with Gasteiger partial charge < -0.3 is 20.5 Å². The number of carbonyl (C=O) groups excluding carboxylic acids is 2. The molecule has 0 spiro atoms. The Morgan fingerprint density at radius 1 is 0.971 bits per heavy atom. The zero-order valence-electron chi connectivity index (χ0n) is 19.0. The molecule has 34 heavy (non-hydrogen) atoms. The zero-order chi connectivity index (χ0) is 24.2. The van der Waals surface area contributed by atoms with Crippen molar-refractivity contribution < 1.29 is 24.2 Å². The zero-order valence-corrected chi connectivity index (χ0v) is 19.0. The van der Waals surface area contributed by atoms with E-state index in [0.29, 0.717) is 0 Å². The summed E-state index contributed by atoms with van der Waals surface area (Å²) in [6, 6.07) is 20.4. The number of benzene rings is 3. The summed E-state index contributed by atoms with van der Waals surface area (Å²) in [6.07, 6.45) is -0.638. The monoisotopic (exact) mass is 458 g/mol. The van der Waals surface area contributed by atoms with Gasteiger partial charge in [-0.25, -0.2) is 9.59 Å². The molecule has 7 heteroatoms. The van der Waals surface area contributed by atoms with Crippen LogP contribution in [0.25, 0.3) is 11.1 Å². The lowest BCUT2D eigenvalue weighted by atomic mass is 9.98. The van der Waals surface area contributed by atoms with E-state index in [1.165, 1.54) is 6.07 Å². The molecule has 3 aromatic rings. The van der Waals surface area contributed by atoms with Crippen LogP contribution in [0.1, 0.15) is 46.3 Å². The molecule has 0 aliphatic heterocycles. The Morgan fingerprint density at radius 3 is 2.21 bits per heavy atom. The quantitative estimate of drug-likeness (QED) is 0.465. The minimum Gasteiger partial charge on any atom is -0.478 e. The first-order valence-corrected chi connectivity index (χ1v) is 11.1. The summed E-state index contributed by atoms with van der Waals surface area (Å²) in [6.45, 7) is 3.65. The number of aromatic carboxylic acids is 1. The number of hydrogen-bond donors (Lipinski definition) is 3. The van der Waals surface area contributed by atoms with Gasteiger partial charge in [-0.05, 0) is 48.2 Å². The Balaban J connectivity index is 1.32. The van der Waals surface area contributed by atoms with Gasteiger partial charge in [0.15, 0.2) is 0 Å². The van der Waals surface area contributed by atoms with Crippen molar-refractivity contribution in [2.45, 2.75) is 32.2 Å². The molecule has 7 nitrogen and oxygen atoms in total. The molecule has 1 unspecified atom stereocenters. The molecular weight excluding hydrogens is 432 g/mol. The van der Waals surface area contributed by atoms with E-state index in [9.17, 15) is 19.5 Å². The lowest BCUT2D eigenvalue weighted by Gasteiger charge is -2.17. The minimum atomic E-state index is -1.12. The van der Waals surface area contributed by atoms with Gasteiger partial charge in [-0.3, -0.25) is 4.79 Å². The highest BCUT2D eigenvalue weighted by Crippen LogP contribution is 2.44. The summed E-state index contributed by atoms with van der Waals surface area (Å²) in [5.74, 6) is -1.57. The second-order valence-corrected chi connectivity index (χ2v) is 8.48. The van der Waals surface area contributed by atoms with Gasteiger partial charge in [-0.1, -0.05) is 60.2 Å². The third-order valence-electron chi connectivity index (χ3n) is 5.88. The number of anilines is 1. The van der Waals surface area contributed by atoms with Crippen molar-refractivity contribution in [2.24, 2.45) is 0 Å². The van der Waals surface area contributed by atoms with E-state index in [-0.39, 0.29) is 30.2 Å². The van der Waals surface area contributed by atoms with Gasteiger partial charge in [0.1, 0.15) is 6.61 Å². The summed E-state index contributed by atoms with van der Waals surface area (Å²) >= 11 is 0. The average Bonchev–Trinajstić information content (AvgIpc) is 3.12. The maximum atomic E-state index is 12.4. The number of hydrogen-bond acceptors (Lipinski definition) is 4. The largest absolute Gasteiger partial charge is 0.478 e. The molecule has 1 aliphatic rings. The lowest BCUT2D eigenvalue weighted by Crippen LogP contribution is -2.36.